The molecule has 0 N–H and O–H groups in total. The van der Waals surface area contributed by atoms with Crippen LogP contribution in [0, 0.1) is 0 Å². The summed E-state index contributed by atoms with van der Waals surface area (Å²) in [4.78, 5) is 9.90. The van der Waals surface area contributed by atoms with Gasteiger partial charge in [-0.3, -0.25) is 9.38 Å². The average molecular weight is 580 g/mol. The van der Waals surface area contributed by atoms with Gasteiger partial charge in [-0.05, 0) is 69.8 Å². The molecule has 0 amide bonds. The molecule has 0 radical (unpaired) electrons. The molecule has 0 bridgehead atoms. The number of rotatable bonds is 4. The Balaban J connectivity index is 1.30. The first-order chi connectivity index (χ1) is 21.8. The summed E-state index contributed by atoms with van der Waals surface area (Å²) in [6.45, 7) is 0. The van der Waals surface area contributed by atoms with Crippen LogP contribution in [-0.2, 0) is 0 Å². The van der Waals surface area contributed by atoms with E-state index in [1.54, 1.807) is 0 Å². The number of imidazole rings is 1. The van der Waals surface area contributed by atoms with Crippen LogP contribution >= 0.6 is 7.92 Å². The Morgan fingerprint density at radius 3 is 1.98 bits per heavy atom. The van der Waals surface area contributed by atoms with Crippen LogP contribution in [0.2, 0.25) is 0 Å². The highest BCUT2D eigenvalue weighted by Crippen LogP contribution is 2.38. The van der Waals surface area contributed by atoms with Gasteiger partial charge in [0.25, 0.3) is 0 Å². The molecule has 9 rings (SSSR count). The zero-order valence-electron chi connectivity index (χ0n) is 23.8. The molecule has 6 aromatic carbocycles. The molecule has 9 aromatic rings. The number of benzene rings is 6. The van der Waals surface area contributed by atoms with Crippen molar-refractivity contribution in [2.45, 2.75) is 0 Å². The molecule has 44 heavy (non-hydrogen) atoms. The fraction of sp³-hybridized carbons (Fsp3) is 0. The van der Waals surface area contributed by atoms with E-state index in [1.807, 2.05) is 12.4 Å². The minimum Gasteiger partial charge on any atom is -0.291 e. The van der Waals surface area contributed by atoms with Crippen LogP contribution in [0.3, 0.4) is 0 Å². The third-order valence-corrected chi connectivity index (χ3v) is 11.0. The first-order valence-corrected chi connectivity index (χ1v) is 16.2. The van der Waals surface area contributed by atoms with Crippen molar-refractivity contribution in [3.05, 3.63) is 158 Å². The highest BCUT2D eigenvalue weighted by Gasteiger charge is 2.19. The minimum absolute atomic E-state index is 0.693. The van der Waals surface area contributed by atoms with Crippen molar-refractivity contribution in [3.8, 4) is 11.1 Å². The van der Waals surface area contributed by atoms with Crippen LogP contribution in [0.5, 0.6) is 0 Å². The lowest BCUT2D eigenvalue weighted by molar-refractivity contribution is 1.28. The van der Waals surface area contributed by atoms with Crippen LogP contribution in [-0.4, -0.2) is 14.4 Å². The van der Waals surface area contributed by atoms with Gasteiger partial charge in [-0.15, -0.1) is 0 Å². The molecule has 206 valence electrons. The topological polar surface area (TPSA) is 30.2 Å². The molecule has 3 aromatic heterocycles. The number of aromatic nitrogens is 3. The molecule has 0 aliphatic rings. The third-order valence-electron chi connectivity index (χ3n) is 8.58. The number of fused-ring (bicyclic) bond motifs is 9. The Bertz CT molecular complexity index is 2460. The second-order valence-electron chi connectivity index (χ2n) is 11.1. The fourth-order valence-electron chi connectivity index (χ4n) is 6.59. The molecular formula is C40H26N3P. The van der Waals surface area contributed by atoms with E-state index in [0.29, 0.717) is 0 Å². The summed E-state index contributed by atoms with van der Waals surface area (Å²) in [6.07, 6.45) is 4.01. The zero-order chi connectivity index (χ0) is 29.0. The smallest absolute Gasteiger partial charge is 0.146 e. The first-order valence-electron chi connectivity index (χ1n) is 14.8. The molecule has 3 heterocycles. The molecular weight excluding hydrogens is 553 g/mol. The molecule has 0 atom stereocenters. The Morgan fingerprint density at radius 1 is 0.500 bits per heavy atom. The van der Waals surface area contributed by atoms with Gasteiger partial charge in [0.15, 0.2) is 0 Å². The Morgan fingerprint density at radius 2 is 1.18 bits per heavy atom. The monoisotopic (exact) mass is 579 g/mol. The summed E-state index contributed by atoms with van der Waals surface area (Å²) in [5.74, 6) is 0. The van der Waals surface area contributed by atoms with Gasteiger partial charge < -0.3 is 0 Å². The highest BCUT2D eigenvalue weighted by molar-refractivity contribution is 7.79. The van der Waals surface area contributed by atoms with E-state index in [2.05, 4.69) is 150 Å². The predicted octanol–water partition coefficient (Wildman–Crippen LogP) is 8.77. The van der Waals surface area contributed by atoms with Gasteiger partial charge in [0.05, 0.1) is 16.6 Å². The lowest BCUT2D eigenvalue weighted by Gasteiger charge is -2.20. The van der Waals surface area contributed by atoms with Crippen LogP contribution in [0.25, 0.3) is 60.3 Å². The van der Waals surface area contributed by atoms with Gasteiger partial charge >= 0.3 is 0 Å². The molecule has 0 unspecified atom stereocenters. The summed E-state index contributed by atoms with van der Waals surface area (Å²) >= 11 is 0. The number of hydrogen-bond donors (Lipinski definition) is 0. The number of pyridine rings is 2. The van der Waals surface area contributed by atoms with Gasteiger partial charge in [-0.25, -0.2) is 4.98 Å². The Hall–Kier alpha value is -5.37. The average Bonchev–Trinajstić information content (AvgIpc) is 3.49. The Labute approximate surface area is 255 Å². The van der Waals surface area contributed by atoms with Crippen molar-refractivity contribution in [3.63, 3.8) is 0 Å². The van der Waals surface area contributed by atoms with E-state index in [-0.39, 0.29) is 0 Å². The predicted molar refractivity (Wildman–Crippen MR) is 187 cm³/mol. The van der Waals surface area contributed by atoms with E-state index in [4.69, 9.17) is 9.97 Å². The van der Waals surface area contributed by atoms with E-state index in [1.165, 1.54) is 32.1 Å². The molecule has 0 aliphatic heterocycles. The maximum atomic E-state index is 5.11. The molecule has 0 saturated carbocycles. The van der Waals surface area contributed by atoms with Gasteiger partial charge in [0, 0.05) is 28.7 Å². The maximum Gasteiger partial charge on any atom is 0.146 e. The van der Waals surface area contributed by atoms with E-state index in [9.17, 15) is 0 Å². The molecule has 0 aliphatic carbocycles. The van der Waals surface area contributed by atoms with E-state index >= 15 is 0 Å². The number of hydrogen-bond acceptors (Lipinski definition) is 2. The largest absolute Gasteiger partial charge is 0.291 e. The molecule has 0 fully saturated rings. The van der Waals surface area contributed by atoms with Crippen LogP contribution in [0.1, 0.15) is 0 Å². The third kappa shape index (κ3) is 3.94. The van der Waals surface area contributed by atoms with Gasteiger partial charge in [-0.2, -0.15) is 0 Å². The van der Waals surface area contributed by atoms with Crippen LogP contribution in [0.15, 0.2) is 158 Å². The van der Waals surface area contributed by atoms with E-state index < -0.39 is 7.92 Å². The van der Waals surface area contributed by atoms with E-state index in [0.717, 1.165) is 44.1 Å². The van der Waals surface area contributed by atoms with Crippen molar-refractivity contribution in [2.24, 2.45) is 0 Å². The lowest BCUT2D eigenvalue weighted by Crippen LogP contribution is -2.20. The zero-order valence-corrected chi connectivity index (χ0v) is 24.7. The second-order valence-corrected chi connectivity index (χ2v) is 13.4. The van der Waals surface area contributed by atoms with Gasteiger partial charge in [0.1, 0.15) is 5.65 Å². The van der Waals surface area contributed by atoms with Crippen molar-refractivity contribution in [2.75, 3.05) is 0 Å². The normalized spacial score (nSPS) is 11.8. The quantitative estimate of drug-likeness (QED) is 0.154. The van der Waals surface area contributed by atoms with Crippen molar-refractivity contribution < 1.29 is 0 Å². The van der Waals surface area contributed by atoms with Gasteiger partial charge in [0.2, 0.25) is 0 Å². The minimum atomic E-state index is -0.693. The van der Waals surface area contributed by atoms with Crippen molar-refractivity contribution in [1.82, 2.24) is 14.4 Å². The number of nitrogens with zero attached hydrogens (tertiary/aromatic N) is 3. The van der Waals surface area contributed by atoms with Gasteiger partial charge in [-0.1, -0.05) is 121 Å². The molecule has 3 nitrogen and oxygen atoms in total. The Kier molecular flexibility index (Phi) is 5.79. The first kappa shape index (κ1) is 25.2. The maximum absolute atomic E-state index is 5.11. The van der Waals surface area contributed by atoms with Crippen LogP contribution < -0.4 is 15.9 Å². The number of para-hydroxylation sites is 2. The van der Waals surface area contributed by atoms with Crippen molar-refractivity contribution >= 4 is 73.0 Å². The summed E-state index contributed by atoms with van der Waals surface area (Å²) < 4.78 is 2.33. The fourth-order valence-corrected chi connectivity index (χ4v) is 8.92. The molecule has 4 heteroatoms. The molecule has 0 spiro atoms. The molecule has 0 saturated heterocycles. The standard InChI is InChI=1S/C40H26N3P/c1-3-11-30(12-4-1)44(31-13-5-2-6-14-31)32-22-21-27-19-20-28(23-29(27)24-32)35-25-41-26-36-33-15-7-8-16-34(33)40-42-37-17-9-10-18-38(37)43(40)39(35)36/h1-26H. The van der Waals surface area contributed by atoms with Crippen molar-refractivity contribution in [1.29, 1.82) is 0 Å². The SMILES string of the molecule is c1ccc(P(c2ccccc2)c2ccc3ccc(-c4cncc5c6ccccc6c6nc7ccccc7n6c45)cc3c2)cc1. The summed E-state index contributed by atoms with van der Waals surface area (Å²) in [5, 5.41) is 9.92. The second kappa shape index (κ2) is 10.1. The summed E-state index contributed by atoms with van der Waals surface area (Å²) in [7, 11) is -0.693. The summed E-state index contributed by atoms with van der Waals surface area (Å²) in [5.41, 5.74) is 6.44. The lowest BCUT2D eigenvalue weighted by atomic mass is 9.98. The van der Waals surface area contributed by atoms with Crippen LogP contribution in [0.4, 0.5) is 0 Å². The highest BCUT2D eigenvalue weighted by atomic mass is 31.1. The summed E-state index contributed by atoms with van der Waals surface area (Å²) in [6, 6.07) is 52.5.